The van der Waals surface area contributed by atoms with Gasteiger partial charge in [-0.15, -0.1) is 0 Å². The van der Waals surface area contributed by atoms with Gasteiger partial charge in [-0.25, -0.2) is 0 Å². The van der Waals surface area contributed by atoms with Crippen LogP contribution in [0.4, 0.5) is 0 Å². The van der Waals surface area contributed by atoms with Crippen LogP contribution in [0.5, 0.6) is 0 Å². The molecule has 3 N–H and O–H groups in total. The molecule has 0 aromatic rings. The van der Waals surface area contributed by atoms with Crippen LogP contribution in [0.2, 0.25) is 0 Å². The van der Waals surface area contributed by atoms with Gasteiger partial charge in [0.15, 0.2) is 0 Å². The van der Waals surface area contributed by atoms with Crippen molar-refractivity contribution in [1.29, 1.82) is 0 Å². The summed E-state index contributed by atoms with van der Waals surface area (Å²) in [6.07, 6.45) is 9.27. The van der Waals surface area contributed by atoms with E-state index in [0.717, 1.165) is 32.2 Å². The largest absolute Gasteiger partial charge is 0.396 e. The topological polar surface area (TPSA) is 61.4 Å². The quantitative estimate of drug-likeness (QED) is 0.685. The van der Waals surface area contributed by atoms with E-state index in [1.54, 1.807) is 0 Å². The first-order valence-corrected chi connectivity index (χ1v) is 7.80. The van der Waals surface area contributed by atoms with Gasteiger partial charge in [-0.3, -0.25) is 4.79 Å². The van der Waals surface area contributed by atoms with Crippen molar-refractivity contribution >= 4 is 5.91 Å². The summed E-state index contributed by atoms with van der Waals surface area (Å²) in [6, 6.07) is 0.222. The second-order valence-electron chi connectivity index (χ2n) is 6.46. The predicted octanol–water partition coefficient (Wildman–Crippen LogP) is 1.58. The molecule has 1 atom stereocenters. The van der Waals surface area contributed by atoms with Crippen molar-refractivity contribution in [2.45, 2.75) is 70.4 Å². The van der Waals surface area contributed by atoms with Gasteiger partial charge in [0.2, 0.25) is 5.91 Å². The van der Waals surface area contributed by atoms with E-state index >= 15 is 0 Å². The van der Waals surface area contributed by atoms with Crippen molar-refractivity contribution in [2.24, 2.45) is 5.41 Å². The Morgan fingerprint density at radius 2 is 1.89 bits per heavy atom. The maximum atomic E-state index is 12.1. The van der Waals surface area contributed by atoms with Crippen LogP contribution in [0.15, 0.2) is 0 Å². The zero-order valence-corrected chi connectivity index (χ0v) is 12.1. The number of nitrogens with one attached hydrogen (secondary N) is 2. The first kappa shape index (κ1) is 14.8. The van der Waals surface area contributed by atoms with Gasteiger partial charge in [0.1, 0.15) is 0 Å². The zero-order valence-electron chi connectivity index (χ0n) is 12.1. The number of rotatable bonds is 6. The molecule has 19 heavy (non-hydrogen) atoms. The van der Waals surface area contributed by atoms with Crippen LogP contribution in [0.1, 0.15) is 58.3 Å². The van der Waals surface area contributed by atoms with Gasteiger partial charge in [0.25, 0.3) is 0 Å². The van der Waals surface area contributed by atoms with Crippen LogP contribution in [-0.4, -0.2) is 36.2 Å². The molecule has 0 bridgehead atoms. The fraction of sp³-hybridized carbons (Fsp3) is 0.933. The van der Waals surface area contributed by atoms with Crippen molar-refractivity contribution in [3.8, 4) is 0 Å². The minimum Gasteiger partial charge on any atom is -0.396 e. The number of hydrogen-bond donors (Lipinski definition) is 3. The predicted molar refractivity (Wildman–Crippen MR) is 75.9 cm³/mol. The lowest BCUT2D eigenvalue weighted by atomic mass is 9.87. The molecule has 4 heteroatoms. The van der Waals surface area contributed by atoms with Crippen molar-refractivity contribution in [1.82, 2.24) is 10.6 Å². The maximum absolute atomic E-state index is 12.1. The molecule has 0 aliphatic heterocycles. The fourth-order valence-electron chi connectivity index (χ4n) is 3.37. The molecule has 110 valence electrons. The third-order valence-corrected chi connectivity index (χ3v) is 4.88. The van der Waals surface area contributed by atoms with Crippen molar-refractivity contribution in [2.75, 3.05) is 13.2 Å². The molecule has 0 aromatic carbocycles. The van der Waals surface area contributed by atoms with Gasteiger partial charge in [-0.05, 0) is 32.6 Å². The van der Waals surface area contributed by atoms with Crippen LogP contribution in [0, 0.1) is 5.41 Å². The molecule has 0 saturated heterocycles. The molecule has 2 aliphatic rings. The van der Waals surface area contributed by atoms with Gasteiger partial charge < -0.3 is 15.7 Å². The number of carbonyl (C=O) groups excluding carboxylic acids is 1. The standard InChI is InChI=1S/C15H28N2O2/c1-12(14(19)17-13-6-2-3-7-13)16-10-15(11-18)8-4-5-9-15/h12-13,16,18H,2-11H2,1H3,(H,17,19). The Balaban J connectivity index is 1.73. The highest BCUT2D eigenvalue weighted by Gasteiger charge is 2.33. The third-order valence-electron chi connectivity index (χ3n) is 4.88. The van der Waals surface area contributed by atoms with Crippen LogP contribution >= 0.6 is 0 Å². The summed E-state index contributed by atoms with van der Waals surface area (Å²) >= 11 is 0. The Morgan fingerprint density at radius 3 is 2.47 bits per heavy atom. The zero-order chi connectivity index (χ0) is 13.7. The van der Waals surface area contributed by atoms with E-state index < -0.39 is 0 Å². The molecule has 2 fully saturated rings. The smallest absolute Gasteiger partial charge is 0.237 e. The lowest BCUT2D eigenvalue weighted by Crippen LogP contribution is -2.48. The summed E-state index contributed by atoms with van der Waals surface area (Å²) in [5.74, 6) is 0.109. The highest BCUT2D eigenvalue weighted by Crippen LogP contribution is 2.36. The number of aliphatic hydroxyl groups excluding tert-OH is 1. The molecule has 1 amide bonds. The summed E-state index contributed by atoms with van der Waals surface area (Å²) in [4.78, 5) is 12.1. The average molecular weight is 268 g/mol. The summed E-state index contributed by atoms with van der Waals surface area (Å²) in [6.45, 7) is 2.91. The molecular formula is C15H28N2O2. The Kier molecular flexibility index (Phi) is 5.22. The normalized spacial score (nSPS) is 24.5. The van der Waals surface area contributed by atoms with Crippen molar-refractivity contribution in [3.63, 3.8) is 0 Å². The van der Waals surface area contributed by atoms with Crippen LogP contribution in [0.3, 0.4) is 0 Å². The van der Waals surface area contributed by atoms with Crippen LogP contribution in [-0.2, 0) is 4.79 Å². The Labute approximate surface area is 116 Å². The lowest BCUT2D eigenvalue weighted by Gasteiger charge is -2.28. The summed E-state index contributed by atoms with van der Waals surface area (Å²) in [7, 11) is 0. The minimum absolute atomic E-state index is 0.0158. The highest BCUT2D eigenvalue weighted by atomic mass is 16.3. The van der Waals surface area contributed by atoms with E-state index in [0.29, 0.717) is 6.04 Å². The van der Waals surface area contributed by atoms with E-state index in [1.807, 2.05) is 6.92 Å². The second kappa shape index (κ2) is 6.71. The number of hydrogen-bond acceptors (Lipinski definition) is 3. The van der Waals surface area contributed by atoms with Gasteiger partial charge in [-0.1, -0.05) is 25.7 Å². The van der Waals surface area contributed by atoms with Crippen LogP contribution < -0.4 is 10.6 Å². The molecule has 0 heterocycles. The number of carbonyl (C=O) groups is 1. The van der Waals surface area contributed by atoms with E-state index in [4.69, 9.17) is 0 Å². The first-order valence-electron chi connectivity index (χ1n) is 7.80. The number of aliphatic hydroxyl groups is 1. The van der Waals surface area contributed by atoms with E-state index in [9.17, 15) is 9.90 Å². The van der Waals surface area contributed by atoms with Crippen molar-refractivity contribution < 1.29 is 9.90 Å². The SMILES string of the molecule is CC(NCC1(CO)CCCC1)C(=O)NC1CCCC1. The van der Waals surface area contributed by atoms with Gasteiger partial charge in [0.05, 0.1) is 6.04 Å². The Morgan fingerprint density at radius 1 is 1.26 bits per heavy atom. The first-order chi connectivity index (χ1) is 9.15. The lowest BCUT2D eigenvalue weighted by molar-refractivity contribution is -0.123. The molecular weight excluding hydrogens is 240 g/mol. The summed E-state index contributed by atoms with van der Waals surface area (Å²) < 4.78 is 0. The van der Waals surface area contributed by atoms with Crippen molar-refractivity contribution in [3.05, 3.63) is 0 Å². The van der Waals surface area contributed by atoms with Gasteiger partial charge in [-0.2, -0.15) is 0 Å². The Bertz CT molecular complexity index is 295. The molecule has 0 spiro atoms. The molecule has 0 radical (unpaired) electrons. The molecule has 2 rings (SSSR count). The highest BCUT2D eigenvalue weighted by molar-refractivity contribution is 5.81. The number of amides is 1. The van der Waals surface area contributed by atoms with E-state index in [1.165, 1.54) is 25.7 Å². The molecule has 2 aliphatic carbocycles. The van der Waals surface area contributed by atoms with Crippen LogP contribution in [0.25, 0.3) is 0 Å². The molecule has 4 nitrogen and oxygen atoms in total. The fourth-order valence-corrected chi connectivity index (χ4v) is 3.37. The monoisotopic (exact) mass is 268 g/mol. The molecule has 0 aromatic heterocycles. The minimum atomic E-state index is -0.162. The summed E-state index contributed by atoms with van der Waals surface area (Å²) in [5.41, 5.74) is 0.0158. The molecule has 1 unspecified atom stereocenters. The second-order valence-corrected chi connectivity index (χ2v) is 6.46. The van der Waals surface area contributed by atoms with Gasteiger partial charge >= 0.3 is 0 Å². The van der Waals surface area contributed by atoms with Gasteiger partial charge in [0, 0.05) is 24.6 Å². The summed E-state index contributed by atoms with van der Waals surface area (Å²) in [5, 5.41) is 16.0. The third kappa shape index (κ3) is 3.93. The average Bonchev–Trinajstić information content (AvgIpc) is 3.07. The Hall–Kier alpha value is -0.610. The molecule has 2 saturated carbocycles. The maximum Gasteiger partial charge on any atom is 0.237 e. The van der Waals surface area contributed by atoms with E-state index in [-0.39, 0.29) is 24.0 Å². The van der Waals surface area contributed by atoms with E-state index in [2.05, 4.69) is 10.6 Å².